The zero-order chi connectivity index (χ0) is 11.0. The summed E-state index contributed by atoms with van der Waals surface area (Å²) in [5.41, 5.74) is -0.315. The summed E-state index contributed by atoms with van der Waals surface area (Å²) in [6, 6.07) is 0. The third-order valence-corrected chi connectivity index (χ3v) is 6.52. The molecule has 3 nitrogen and oxygen atoms in total. The first-order chi connectivity index (χ1) is 6.28. The maximum atomic E-state index is 11.3. The van der Waals surface area contributed by atoms with Crippen LogP contribution in [-0.4, -0.2) is 37.5 Å². The van der Waals surface area contributed by atoms with Gasteiger partial charge in [0.15, 0.2) is 9.84 Å². The van der Waals surface area contributed by atoms with Crippen molar-refractivity contribution in [1.29, 1.82) is 0 Å². The fraction of sp³-hybridized carbons (Fsp3) is 1.00. The van der Waals surface area contributed by atoms with Crippen molar-refractivity contribution in [1.82, 2.24) is 0 Å². The summed E-state index contributed by atoms with van der Waals surface area (Å²) in [6.45, 7) is 3.94. The Morgan fingerprint density at radius 1 is 1.50 bits per heavy atom. The lowest BCUT2D eigenvalue weighted by atomic mass is 9.93. The molecule has 0 aliphatic carbocycles. The molecule has 1 rings (SSSR count). The molecule has 14 heavy (non-hydrogen) atoms. The van der Waals surface area contributed by atoms with Gasteiger partial charge in [0.2, 0.25) is 0 Å². The first-order valence-corrected chi connectivity index (χ1v) is 7.42. The van der Waals surface area contributed by atoms with Crippen LogP contribution in [0.25, 0.3) is 0 Å². The Labute approximate surface area is 94.3 Å². The van der Waals surface area contributed by atoms with Crippen molar-refractivity contribution in [2.24, 2.45) is 5.92 Å². The first-order valence-electron chi connectivity index (χ1n) is 4.68. The first kappa shape index (κ1) is 12.5. The van der Waals surface area contributed by atoms with Gasteiger partial charge < -0.3 is 4.74 Å². The summed E-state index contributed by atoms with van der Waals surface area (Å²) in [7, 11) is -1.14. The van der Waals surface area contributed by atoms with E-state index in [1.54, 1.807) is 7.11 Å². The molecule has 0 aromatic carbocycles. The molecule has 0 amide bonds. The van der Waals surface area contributed by atoms with Crippen molar-refractivity contribution in [2.45, 2.75) is 30.7 Å². The molecule has 0 spiro atoms. The van der Waals surface area contributed by atoms with Gasteiger partial charge in [0, 0.05) is 11.9 Å². The second-order valence-electron chi connectivity index (χ2n) is 4.37. The highest BCUT2D eigenvalue weighted by molar-refractivity contribution is 9.09. The van der Waals surface area contributed by atoms with Crippen molar-refractivity contribution in [3.05, 3.63) is 0 Å². The van der Waals surface area contributed by atoms with E-state index in [0.29, 0.717) is 5.75 Å². The zero-order valence-corrected chi connectivity index (χ0v) is 11.2. The Hall–Kier alpha value is 0.390. The molecule has 5 heteroatoms. The lowest BCUT2D eigenvalue weighted by molar-refractivity contribution is 0.0125. The molecular weight excluding hydrogens is 268 g/mol. The Morgan fingerprint density at radius 3 is 2.43 bits per heavy atom. The third-order valence-electron chi connectivity index (χ3n) is 2.87. The van der Waals surface area contributed by atoms with E-state index in [0.717, 1.165) is 6.42 Å². The number of sulfone groups is 1. The van der Waals surface area contributed by atoms with E-state index in [9.17, 15) is 8.42 Å². The number of ether oxygens (including phenoxy) is 1. The monoisotopic (exact) mass is 284 g/mol. The van der Waals surface area contributed by atoms with Crippen LogP contribution in [0.5, 0.6) is 0 Å². The highest BCUT2D eigenvalue weighted by atomic mass is 79.9. The molecular formula is C9H17BrO3S. The van der Waals surface area contributed by atoms with E-state index in [4.69, 9.17) is 4.74 Å². The smallest absolute Gasteiger partial charge is 0.150 e. The van der Waals surface area contributed by atoms with Gasteiger partial charge in [-0.1, -0.05) is 15.9 Å². The van der Waals surface area contributed by atoms with Crippen LogP contribution < -0.4 is 0 Å². The Morgan fingerprint density at radius 2 is 2.07 bits per heavy atom. The summed E-state index contributed by atoms with van der Waals surface area (Å²) in [6.07, 6.45) is 0.741. The van der Waals surface area contributed by atoms with Gasteiger partial charge >= 0.3 is 0 Å². The van der Waals surface area contributed by atoms with Gasteiger partial charge in [-0.15, -0.1) is 0 Å². The van der Waals surface area contributed by atoms with Crippen molar-refractivity contribution in [2.75, 3.05) is 18.6 Å². The minimum absolute atomic E-state index is 0.0947. The standard InChI is InChI=1S/C9H17BrO3S/c1-9(2,13-3)8(10)7-4-5-14(11,12)6-7/h7-8H,4-6H2,1-3H3. The van der Waals surface area contributed by atoms with Gasteiger partial charge in [0.25, 0.3) is 0 Å². The Kier molecular flexibility index (Phi) is 3.65. The fourth-order valence-electron chi connectivity index (χ4n) is 1.73. The molecule has 84 valence electrons. The van der Waals surface area contributed by atoms with E-state index < -0.39 is 9.84 Å². The van der Waals surface area contributed by atoms with E-state index in [2.05, 4.69) is 15.9 Å². The minimum atomic E-state index is -2.79. The molecule has 2 unspecified atom stereocenters. The van der Waals surface area contributed by atoms with Gasteiger partial charge in [0.05, 0.1) is 17.1 Å². The molecule has 1 saturated heterocycles. The molecule has 0 aromatic rings. The SMILES string of the molecule is COC(C)(C)C(Br)C1CCS(=O)(=O)C1. The zero-order valence-electron chi connectivity index (χ0n) is 8.79. The Balaban J connectivity index is 2.69. The number of rotatable bonds is 3. The van der Waals surface area contributed by atoms with Crippen LogP contribution in [0.15, 0.2) is 0 Å². The molecule has 0 saturated carbocycles. The van der Waals surface area contributed by atoms with Gasteiger partial charge in [-0.2, -0.15) is 0 Å². The summed E-state index contributed by atoms with van der Waals surface area (Å²) in [4.78, 5) is 0.0947. The van der Waals surface area contributed by atoms with Crippen LogP contribution in [0.4, 0.5) is 0 Å². The Bertz CT molecular complexity index is 297. The number of methoxy groups -OCH3 is 1. The topological polar surface area (TPSA) is 43.4 Å². The van der Waals surface area contributed by atoms with Crippen molar-refractivity contribution < 1.29 is 13.2 Å². The second kappa shape index (κ2) is 4.10. The fourth-order valence-corrected chi connectivity index (χ4v) is 4.46. The molecule has 2 atom stereocenters. The summed E-state index contributed by atoms with van der Waals surface area (Å²) in [5, 5.41) is 0. The highest BCUT2D eigenvalue weighted by Gasteiger charge is 2.39. The van der Waals surface area contributed by atoms with Crippen molar-refractivity contribution in [3.63, 3.8) is 0 Å². The summed E-state index contributed by atoms with van der Waals surface area (Å²) in [5.74, 6) is 0.782. The van der Waals surface area contributed by atoms with Crippen molar-refractivity contribution in [3.8, 4) is 0 Å². The molecule has 1 fully saturated rings. The largest absolute Gasteiger partial charge is 0.378 e. The number of hydrogen-bond acceptors (Lipinski definition) is 3. The van der Waals surface area contributed by atoms with Crippen molar-refractivity contribution >= 4 is 25.8 Å². The average Bonchev–Trinajstić information content (AvgIpc) is 2.44. The van der Waals surface area contributed by atoms with Gasteiger partial charge in [-0.25, -0.2) is 8.42 Å². The van der Waals surface area contributed by atoms with Crippen LogP contribution in [0.2, 0.25) is 0 Å². The maximum absolute atomic E-state index is 11.3. The molecule has 0 bridgehead atoms. The van der Waals surface area contributed by atoms with Gasteiger partial charge in [-0.3, -0.25) is 0 Å². The van der Waals surface area contributed by atoms with Crippen LogP contribution in [0.3, 0.4) is 0 Å². The predicted molar refractivity (Wildman–Crippen MR) is 60.6 cm³/mol. The van der Waals surface area contributed by atoms with Gasteiger partial charge in [0.1, 0.15) is 0 Å². The number of alkyl halides is 1. The number of halogens is 1. The molecule has 0 radical (unpaired) electrons. The van der Waals surface area contributed by atoms with E-state index in [-0.39, 0.29) is 22.1 Å². The average molecular weight is 285 g/mol. The summed E-state index contributed by atoms with van der Waals surface area (Å²) < 4.78 is 27.9. The molecule has 1 aliphatic rings. The minimum Gasteiger partial charge on any atom is -0.378 e. The maximum Gasteiger partial charge on any atom is 0.150 e. The number of hydrogen-bond donors (Lipinski definition) is 0. The van der Waals surface area contributed by atoms with Crippen LogP contribution in [0, 0.1) is 5.92 Å². The van der Waals surface area contributed by atoms with E-state index >= 15 is 0 Å². The molecule has 0 aromatic heterocycles. The lowest BCUT2D eigenvalue weighted by Crippen LogP contribution is -2.39. The molecule has 1 heterocycles. The van der Waals surface area contributed by atoms with E-state index in [1.807, 2.05) is 13.8 Å². The molecule has 1 aliphatic heterocycles. The normalized spacial score (nSPS) is 29.0. The van der Waals surface area contributed by atoms with Gasteiger partial charge in [-0.05, 0) is 26.2 Å². The predicted octanol–water partition coefficient (Wildman–Crippen LogP) is 1.61. The third kappa shape index (κ3) is 2.70. The quantitative estimate of drug-likeness (QED) is 0.740. The molecule has 0 N–H and O–H groups in total. The van der Waals surface area contributed by atoms with Crippen LogP contribution >= 0.6 is 15.9 Å². The van der Waals surface area contributed by atoms with Crippen LogP contribution in [-0.2, 0) is 14.6 Å². The summed E-state index contributed by atoms with van der Waals surface area (Å²) >= 11 is 3.55. The lowest BCUT2D eigenvalue weighted by Gasteiger charge is -2.32. The van der Waals surface area contributed by atoms with Crippen LogP contribution in [0.1, 0.15) is 20.3 Å². The second-order valence-corrected chi connectivity index (χ2v) is 7.59. The van der Waals surface area contributed by atoms with E-state index in [1.165, 1.54) is 0 Å². The highest BCUT2D eigenvalue weighted by Crippen LogP contribution is 2.34.